The maximum atomic E-state index is 14.0. The third-order valence-corrected chi connectivity index (χ3v) is 8.84. The predicted molar refractivity (Wildman–Crippen MR) is 170 cm³/mol. The van der Waals surface area contributed by atoms with Crippen LogP contribution in [0.3, 0.4) is 0 Å². The van der Waals surface area contributed by atoms with E-state index in [1.165, 1.54) is 0 Å². The Hall–Kier alpha value is -2.54. The minimum atomic E-state index is -0.784. The Morgan fingerprint density at radius 3 is 2.27 bits per heavy atom. The van der Waals surface area contributed by atoms with Gasteiger partial charge in [-0.05, 0) is 69.6 Å². The highest BCUT2D eigenvalue weighted by Crippen LogP contribution is 2.32. The highest BCUT2D eigenvalue weighted by molar-refractivity contribution is 9.10. The van der Waals surface area contributed by atoms with Crippen LogP contribution >= 0.6 is 39.1 Å². The number of carbonyl (C=O) groups is 2. The average Bonchev–Trinajstić information content (AvgIpc) is 3.44. The maximum Gasteiger partial charge on any atom is 0.261 e. The Bertz CT molecular complexity index is 1330. The summed E-state index contributed by atoms with van der Waals surface area (Å²) in [6, 6.07) is 20.1. The van der Waals surface area contributed by atoms with Gasteiger partial charge in [0.25, 0.3) is 5.91 Å². The lowest BCUT2D eigenvalue weighted by atomic mass is 9.87. The van der Waals surface area contributed by atoms with E-state index < -0.39 is 6.04 Å². The highest BCUT2D eigenvalue weighted by Gasteiger charge is 2.33. The smallest absolute Gasteiger partial charge is 0.261 e. The number of rotatable bonds is 10. The molecular weight excluding hydrogens is 623 g/mol. The number of benzene rings is 3. The van der Waals surface area contributed by atoms with Gasteiger partial charge < -0.3 is 15.0 Å². The van der Waals surface area contributed by atoms with Crippen molar-refractivity contribution in [3.8, 4) is 5.75 Å². The van der Waals surface area contributed by atoms with Crippen LogP contribution in [0.1, 0.15) is 63.1 Å². The number of carbonyl (C=O) groups excluding carboxylic acids is 2. The third kappa shape index (κ3) is 8.50. The monoisotopic (exact) mass is 658 g/mol. The molecule has 0 radical (unpaired) electrons. The molecule has 0 aromatic heterocycles. The fourth-order valence-electron chi connectivity index (χ4n) is 5.08. The molecule has 0 spiro atoms. The molecule has 0 bridgehead atoms. The summed E-state index contributed by atoms with van der Waals surface area (Å²) < 4.78 is 6.79. The number of nitrogens with one attached hydrogen (secondary N) is 1. The fourth-order valence-corrected chi connectivity index (χ4v) is 6.09. The first-order valence-corrected chi connectivity index (χ1v) is 15.6. The van der Waals surface area contributed by atoms with Gasteiger partial charge in [0.2, 0.25) is 5.91 Å². The minimum absolute atomic E-state index is 0.0285. The second-order valence-corrected chi connectivity index (χ2v) is 13.3. The van der Waals surface area contributed by atoms with Crippen molar-refractivity contribution in [3.05, 3.63) is 97.9 Å². The predicted octanol–water partition coefficient (Wildman–Crippen LogP) is 8.13. The molecule has 1 atom stereocenters. The number of hydrogen-bond donors (Lipinski definition) is 1. The van der Waals surface area contributed by atoms with E-state index in [-0.39, 0.29) is 36.4 Å². The van der Waals surface area contributed by atoms with Gasteiger partial charge in [0.1, 0.15) is 11.8 Å². The lowest BCUT2D eigenvalue weighted by molar-refractivity contribution is -0.143. The van der Waals surface area contributed by atoms with Crippen LogP contribution in [0, 0.1) is 0 Å². The summed E-state index contributed by atoms with van der Waals surface area (Å²) in [6.45, 7) is 6.23. The zero-order valence-corrected chi connectivity index (χ0v) is 26.9. The van der Waals surface area contributed by atoms with E-state index in [2.05, 4.69) is 42.0 Å². The van der Waals surface area contributed by atoms with Crippen molar-refractivity contribution >= 4 is 50.9 Å². The zero-order valence-electron chi connectivity index (χ0n) is 23.8. The first-order valence-electron chi connectivity index (χ1n) is 14.0. The maximum absolute atomic E-state index is 14.0. The fraction of sp³-hybridized carbons (Fsp3) is 0.394. The molecule has 218 valence electrons. The molecule has 1 saturated carbocycles. The van der Waals surface area contributed by atoms with Gasteiger partial charge in [-0.3, -0.25) is 9.59 Å². The molecular formula is C33H37BrCl2N2O3. The Balaban J connectivity index is 1.65. The SMILES string of the molecule is CC(C)(C)c1ccc(OCC(=O)N(Cc2c(Cl)cccc2Cl)[C@H](Cc2ccccc2)C(=O)NC2CCCC2)c(Br)c1. The van der Waals surface area contributed by atoms with Gasteiger partial charge in [-0.2, -0.15) is 0 Å². The Kier molecular flexibility index (Phi) is 10.8. The average molecular weight is 660 g/mol. The van der Waals surface area contributed by atoms with Crippen molar-refractivity contribution in [3.63, 3.8) is 0 Å². The molecule has 1 aliphatic rings. The van der Waals surface area contributed by atoms with E-state index in [9.17, 15) is 9.59 Å². The summed E-state index contributed by atoms with van der Waals surface area (Å²) in [7, 11) is 0. The first-order chi connectivity index (χ1) is 19.5. The molecule has 0 aliphatic heterocycles. The molecule has 41 heavy (non-hydrogen) atoms. The summed E-state index contributed by atoms with van der Waals surface area (Å²) in [6.07, 6.45) is 4.40. The van der Waals surface area contributed by atoms with Gasteiger partial charge in [0.05, 0.1) is 4.47 Å². The molecule has 0 saturated heterocycles. The molecule has 1 fully saturated rings. The zero-order chi connectivity index (χ0) is 29.6. The number of nitrogens with zero attached hydrogens (tertiary/aromatic N) is 1. The van der Waals surface area contributed by atoms with E-state index in [0.717, 1.165) is 41.3 Å². The summed E-state index contributed by atoms with van der Waals surface area (Å²) >= 11 is 16.7. The quantitative estimate of drug-likeness (QED) is 0.239. The summed E-state index contributed by atoms with van der Waals surface area (Å²) in [4.78, 5) is 29.4. The molecule has 5 nitrogen and oxygen atoms in total. The molecule has 3 aromatic carbocycles. The molecule has 2 amide bonds. The Morgan fingerprint density at radius 2 is 1.66 bits per heavy atom. The molecule has 3 aromatic rings. The number of hydrogen-bond acceptors (Lipinski definition) is 3. The van der Waals surface area contributed by atoms with Gasteiger partial charge in [-0.1, -0.05) is 99.3 Å². The standard InChI is InChI=1S/C33H37BrCl2N2O3/c1-33(2,3)23-16-17-30(26(34)19-23)41-21-31(39)38(20-25-27(35)14-9-15-28(25)36)29(18-22-10-5-4-6-11-22)32(40)37-24-12-7-8-13-24/h4-6,9-11,14-17,19,24,29H,7-8,12-13,18,20-21H2,1-3H3,(H,37,40)/t29-/m1/s1. The molecule has 0 heterocycles. The summed E-state index contributed by atoms with van der Waals surface area (Å²) in [5.74, 6) is 0.0281. The normalized spacial score (nSPS) is 14.5. The van der Waals surface area contributed by atoms with Crippen LogP contribution < -0.4 is 10.1 Å². The first kappa shape index (κ1) is 31.4. The lowest BCUT2D eigenvalue weighted by Crippen LogP contribution is -2.53. The van der Waals surface area contributed by atoms with Crippen molar-refractivity contribution in [1.82, 2.24) is 10.2 Å². The van der Waals surface area contributed by atoms with Crippen molar-refractivity contribution in [2.45, 2.75) is 76.9 Å². The van der Waals surface area contributed by atoms with Crippen LogP contribution in [0.5, 0.6) is 5.75 Å². The molecule has 0 unspecified atom stereocenters. The highest BCUT2D eigenvalue weighted by atomic mass is 79.9. The Morgan fingerprint density at radius 1 is 1.00 bits per heavy atom. The van der Waals surface area contributed by atoms with Crippen LogP contribution in [-0.4, -0.2) is 35.4 Å². The van der Waals surface area contributed by atoms with Crippen molar-refractivity contribution in [2.75, 3.05) is 6.61 Å². The number of ether oxygens (including phenoxy) is 1. The van der Waals surface area contributed by atoms with E-state index in [1.807, 2.05) is 48.5 Å². The second-order valence-electron chi connectivity index (χ2n) is 11.6. The second kappa shape index (κ2) is 14.1. The van der Waals surface area contributed by atoms with Gasteiger partial charge in [0.15, 0.2) is 6.61 Å². The van der Waals surface area contributed by atoms with E-state index in [0.29, 0.717) is 27.8 Å². The molecule has 1 aliphatic carbocycles. The molecule has 1 N–H and O–H groups in total. The van der Waals surface area contributed by atoms with E-state index in [4.69, 9.17) is 27.9 Å². The lowest BCUT2D eigenvalue weighted by Gasteiger charge is -2.32. The van der Waals surface area contributed by atoms with Crippen LogP contribution in [0.4, 0.5) is 0 Å². The molecule has 4 rings (SSSR count). The van der Waals surface area contributed by atoms with E-state index >= 15 is 0 Å². The topological polar surface area (TPSA) is 58.6 Å². The van der Waals surface area contributed by atoms with Crippen LogP contribution in [0.2, 0.25) is 10.0 Å². The van der Waals surface area contributed by atoms with Crippen molar-refractivity contribution < 1.29 is 14.3 Å². The largest absolute Gasteiger partial charge is 0.483 e. The summed E-state index contributed by atoms with van der Waals surface area (Å²) in [5, 5.41) is 4.08. The minimum Gasteiger partial charge on any atom is -0.483 e. The van der Waals surface area contributed by atoms with Gasteiger partial charge in [-0.15, -0.1) is 0 Å². The number of halogens is 3. The van der Waals surface area contributed by atoms with Gasteiger partial charge >= 0.3 is 0 Å². The van der Waals surface area contributed by atoms with Crippen molar-refractivity contribution in [1.29, 1.82) is 0 Å². The van der Waals surface area contributed by atoms with Crippen molar-refractivity contribution in [2.24, 2.45) is 0 Å². The van der Waals surface area contributed by atoms with Crippen LogP contribution in [0.25, 0.3) is 0 Å². The number of amides is 2. The van der Waals surface area contributed by atoms with E-state index in [1.54, 1.807) is 23.1 Å². The van der Waals surface area contributed by atoms with Crippen LogP contribution in [0.15, 0.2) is 71.2 Å². The van der Waals surface area contributed by atoms with Gasteiger partial charge in [-0.25, -0.2) is 0 Å². The summed E-state index contributed by atoms with van der Waals surface area (Å²) in [5.41, 5.74) is 2.65. The Labute approximate surface area is 261 Å². The molecule has 8 heteroatoms. The van der Waals surface area contributed by atoms with Gasteiger partial charge in [0, 0.05) is 34.6 Å². The third-order valence-electron chi connectivity index (χ3n) is 7.51. The van der Waals surface area contributed by atoms with Crippen LogP contribution in [-0.2, 0) is 28.0 Å².